The van der Waals surface area contributed by atoms with Crippen molar-refractivity contribution in [2.24, 2.45) is 0 Å². The van der Waals surface area contributed by atoms with Crippen LogP contribution in [0.2, 0.25) is 0 Å². The summed E-state index contributed by atoms with van der Waals surface area (Å²) in [5, 5.41) is 9.69. The van der Waals surface area contributed by atoms with Gasteiger partial charge in [-0.25, -0.2) is 0 Å². The van der Waals surface area contributed by atoms with Crippen LogP contribution in [-0.2, 0) is 16.1 Å². The van der Waals surface area contributed by atoms with Crippen molar-refractivity contribution in [1.82, 2.24) is 0 Å². The number of hydrogen-bond donors (Lipinski definition) is 1. The average molecular weight is 262 g/mol. The van der Waals surface area contributed by atoms with E-state index in [0.717, 1.165) is 18.4 Å². The predicted octanol–water partition coefficient (Wildman–Crippen LogP) is 2.88. The summed E-state index contributed by atoms with van der Waals surface area (Å²) < 4.78 is 5.39. The number of rotatable bonds is 10. The van der Waals surface area contributed by atoms with Gasteiger partial charge in [0.2, 0.25) is 0 Å². The summed E-state index contributed by atoms with van der Waals surface area (Å²) in [6, 6.07) is 9.76. The Hall–Kier alpha value is -1.45. The Bertz CT molecular complexity index is 373. The lowest BCUT2D eigenvalue weighted by molar-refractivity contribution is -0.122. The van der Waals surface area contributed by atoms with Crippen molar-refractivity contribution in [1.29, 1.82) is 0 Å². The molecule has 1 rings (SSSR count). The summed E-state index contributed by atoms with van der Waals surface area (Å²) in [5.74, 6) is 0.0812. The second kappa shape index (κ2) is 9.48. The number of aliphatic hydroxyl groups excluding tert-OH is 1. The van der Waals surface area contributed by atoms with E-state index in [1.807, 2.05) is 30.3 Å². The Morgan fingerprint density at radius 2 is 2.11 bits per heavy atom. The highest BCUT2D eigenvalue weighted by atomic mass is 16.5. The Morgan fingerprint density at radius 3 is 2.79 bits per heavy atom. The molecule has 3 nitrogen and oxygen atoms in total. The van der Waals surface area contributed by atoms with Gasteiger partial charge in [-0.05, 0) is 18.4 Å². The molecule has 19 heavy (non-hydrogen) atoms. The number of carbonyl (C=O) groups is 1. The maximum atomic E-state index is 11.5. The lowest BCUT2D eigenvalue weighted by Crippen LogP contribution is -2.19. The quantitative estimate of drug-likeness (QED) is 0.521. The number of carbonyl (C=O) groups excluding carboxylic acids is 1. The van der Waals surface area contributed by atoms with Crippen LogP contribution in [0.3, 0.4) is 0 Å². The highest BCUT2D eigenvalue weighted by Crippen LogP contribution is 2.05. The third-order valence-corrected chi connectivity index (χ3v) is 2.75. The van der Waals surface area contributed by atoms with E-state index in [1.54, 1.807) is 6.08 Å². The molecule has 0 radical (unpaired) electrons. The van der Waals surface area contributed by atoms with Crippen LogP contribution in [0, 0.1) is 0 Å². The number of benzene rings is 1. The van der Waals surface area contributed by atoms with Crippen molar-refractivity contribution >= 4 is 5.78 Å². The van der Waals surface area contributed by atoms with Crippen molar-refractivity contribution in [3.63, 3.8) is 0 Å². The van der Waals surface area contributed by atoms with Gasteiger partial charge in [-0.2, -0.15) is 0 Å². The monoisotopic (exact) mass is 262 g/mol. The Labute approximate surface area is 114 Å². The van der Waals surface area contributed by atoms with Crippen LogP contribution in [0.5, 0.6) is 0 Å². The molecular formula is C16H22O3. The SMILES string of the molecule is C=CCCCC(=O)C[C@@H](O)COCc1ccccc1. The fraction of sp³-hybridized carbons (Fsp3) is 0.438. The van der Waals surface area contributed by atoms with Gasteiger partial charge in [-0.3, -0.25) is 4.79 Å². The van der Waals surface area contributed by atoms with Crippen LogP contribution >= 0.6 is 0 Å². The summed E-state index contributed by atoms with van der Waals surface area (Å²) in [7, 11) is 0. The smallest absolute Gasteiger partial charge is 0.135 e. The number of unbranched alkanes of at least 4 members (excludes halogenated alkanes) is 1. The maximum absolute atomic E-state index is 11.5. The maximum Gasteiger partial charge on any atom is 0.135 e. The minimum absolute atomic E-state index is 0.0812. The number of Topliss-reactive ketones (excluding diaryl/α,β-unsaturated/α-hetero) is 1. The van der Waals surface area contributed by atoms with Crippen LogP contribution in [-0.4, -0.2) is 23.6 Å². The van der Waals surface area contributed by atoms with Crippen LogP contribution < -0.4 is 0 Å². The Morgan fingerprint density at radius 1 is 1.37 bits per heavy atom. The molecule has 0 unspecified atom stereocenters. The first kappa shape index (κ1) is 15.6. The molecule has 0 fully saturated rings. The minimum atomic E-state index is -0.708. The predicted molar refractivity (Wildman–Crippen MR) is 75.8 cm³/mol. The molecule has 1 atom stereocenters. The number of aliphatic hydroxyl groups is 1. The topological polar surface area (TPSA) is 46.5 Å². The number of ether oxygens (including phenoxy) is 1. The Kier molecular flexibility index (Phi) is 7.78. The molecule has 104 valence electrons. The molecule has 0 aliphatic heterocycles. The first-order valence-electron chi connectivity index (χ1n) is 6.64. The van der Waals surface area contributed by atoms with Crippen LogP contribution in [0.1, 0.15) is 31.2 Å². The minimum Gasteiger partial charge on any atom is -0.390 e. The molecule has 1 N–H and O–H groups in total. The van der Waals surface area contributed by atoms with Gasteiger partial charge < -0.3 is 9.84 Å². The van der Waals surface area contributed by atoms with Gasteiger partial charge in [-0.1, -0.05) is 36.4 Å². The van der Waals surface area contributed by atoms with Crippen molar-refractivity contribution in [3.05, 3.63) is 48.6 Å². The zero-order valence-corrected chi connectivity index (χ0v) is 11.3. The molecule has 0 aliphatic rings. The van der Waals surface area contributed by atoms with E-state index >= 15 is 0 Å². The van der Waals surface area contributed by atoms with Crippen LogP contribution in [0.25, 0.3) is 0 Å². The van der Waals surface area contributed by atoms with E-state index in [1.165, 1.54) is 0 Å². The van der Waals surface area contributed by atoms with Crippen LogP contribution in [0.15, 0.2) is 43.0 Å². The second-order valence-electron chi connectivity index (χ2n) is 4.58. The normalized spacial score (nSPS) is 12.1. The molecule has 0 spiro atoms. The zero-order valence-electron chi connectivity index (χ0n) is 11.3. The van der Waals surface area contributed by atoms with E-state index in [0.29, 0.717) is 13.0 Å². The van der Waals surface area contributed by atoms with Gasteiger partial charge in [0.25, 0.3) is 0 Å². The molecule has 0 saturated heterocycles. The fourth-order valence-corrected chi connectivity index (χ4v) is 1.75. The molecule has 0 aliphatic carbocycles. The van der Waals surface area contributed by atoms with E-state index in [2.05, 4.69) is 6.58 Å². The fourth-order valence-electron chi connectivity index (χ4n) is 1.75. The van der Waals surface area contributed by atoms with E-state index in [-0.39, 0.29) is 18.8 Å². The van der Waals surface area contributed by atoms with E-state index < -0.39 is 6.10 Å². The molecule has 0 aromatic heterocycles. The Balaban J connectivity index is 2.12. The third kappa shape index (κ3) is 7.54. The molecule has 0 saturated carbocycles. The first-order chi connectivity index (χ1) is 9.22. The largest absolute Gasteiger partial charge is 0.390 e. The number of allylic oxidation sites excluding steroid dienone is 1. The van der Waals surface area contributed by atoms with Crippen molar-refractivity contribution in [2.45, 2.75) is 38.4 Å². The van der Waals surface area contributed by atoms with Gasteiger partial charge in [0.15, 0.2) is 0 Å². The van der Waals surface area contributed by atoms with Gasteiger partial charge in [0, 0.05) is 12.8 Å². The number of ketones is 1. The summed E-state index contributed by atoms with van der Waals surface area (Å²) in [5.41, 5.74) is 1.06. The summed E-state index contributed by atoms with van der Waals surface area (Å²) >= 11 is 0. The first-order valence-corrected chi connectivity index (χ1v) is 6.64. The molecule has 0 heterocycles. The van der Waals surface area contributed by atoms with Gasteiger partial charge in [0.05, 0.1) is 19.3 Å². The molecule has 0 bridgehead atoms. The summed E-state index contributed by atoms with van der Waals surface area (Å²) in [6.07, 6.45) is 3.41. The molecule has 3 heteroatoms. The molecule has 1 aromatic carbocycles. The standard InChI is InChI=1S/C16H22O3/c1-2-3-5-10-15(17)11-16(18)13-19-12-14-8-6-4-7-9-14/h2,4,6-9,16,18H,1,3,5,10-13H2/t16-/m1/s1. The summed E-state index contributed by atoms with van der Waals surface area (Å²) in [4.78, 5) is 11.5. The number of hydrogen-bond acceptors (Lipinski definition) is 3. The molecule has 0 amide bonds. The summed E-state index contributed by atoms with van der Waals surface area (Å²) in [6.45, 7) is 4.26. The molecule has 1 aromatic rings. The van der Waals surface area contributed by atoms with Crippen LogP contribution in [0.4, 0.5) is 0 Å². The average Bonchev–Trinajstić information content (AvgIpc) is 2.40. The van der Waals surface area contributed by atoms with Gasteiger partial charge >= 0.3 is 0 Å². The lowest BCUT2D eigenvalue weighted by atomic mass is 10.1. The van der Waals surface area contributed by atoms with Crippen molar-refractivity contribution < 1.29 is 14.6 Å². The van der Waals surface area contributed by atoms with Crippen molar-refractivity contribution in [3.8, 4) is 0 Å². The van der Waals surface area contributed by atoms with Gasteiger partial charge in [0.1, 0.15) is 5.78 Å². The lowest BCUT2D eigenvalue weighted by Gasteiger charge is -2.10. The van der Waals surface area contributed by atoms with Gasteiger partial charge in [-0.15, -0.1) is 6.58 Å². The molecular weight excluding hydrogens is 240 g/mol. The van der Waals surface area contributed by atoms with Crippen molar-refractivity contribution in [2.75, 3.05) is 6.61 Å². The zero-order chi connectivity index (χ0) is 13.9. The highest BCUT2D eigenvalue weighted by molar-refractivity contribution is 5.78. The van der Waals surface area contributed by atoms with E-state index in [9.17, 15) is 9.90 Å². The van der Waals surface area contributed by atoms with E-state index in [4.69, 9.17) is 4.74 Å². The third-order valence-electron chi connectivity index (χ3n) is 2.75. The second-order valence-corrected chi connectivity index (χ2v) is 4.58. The highest BCUT2D eigenvalue weighted by Gasteiger charge is 2.10.